The van der Waals surface area contributed by atoms with Crippen molar-refractivity contribution in [1.29, 1.82) is 0 Å². The van der Waals surface area contributed by atoms with Gasteiger partial charge in [-0.3, -0.25) is 0 Å². The van der Waals surface area contributed by atoms with Crippen LogP contribution in [0.2, 0.25) is 1.41 Å². The first-order valence-electron chi connectivity index (χ1n) is 19.0. The van der Waals surface area contributed by atoms with Gasteiger partial charge in [0.2, 0.25) is 0 Å². The highest BCUT2D eigenvalue weighted by molar-refractivity contribution is 7.99. The standard InChI is InChI=1S/C23H28F2N6O4S/c1-2-7-36-23-27-21(26-15-9-12(15)11-3-4-13(24)14(25)8-11)18-22(28-23)31(30-29-18)16-10-17(35-6-5-32)20(34)19(16)33/h3-4,8,12,15-17,19-20,32-34H,2,5-7,9-10H2,1H3,(H,26,27,28)/t12?,15-,16+,17-,19-,20+/m0/s1/i1D3,2D2,3D,4D,7D2,8D,10D2,12D,16D,17D,19D,20D/hD. The van der Waals surface area contributed by atoms with Crippen LogP contribution in [-0.4, -0.2) is 83.5 Å². The third-order valence-electron chi connectivity index (χ3n) is 4.88. The third-order valence-corrected chi connectivity index (χ3v) is 5.45. The van der Waals surface area contributed by atoms with Gasteiger partial charge in [-0.25, -0.2) is 23.4 Å². The van der Waals surface area contributed by atoms with E-state index in [1.807, 2.05) is 0 Å². The van der Waals surface area contributed by atoms with Gasteiger partial charge in [0.25, 0.3) is 0 Å². The van der Waals surface area contributed by atoms with E-state index < -0.39 is 139 Å². The zero-order valence-electron chi connectivity index (χ0n) is 35.8. The molecule has 2 fully saturated rings. The molecule has 0 radical (unpaired) electrons. The predicted octanol–water partition coefficient (Wildman–Crippen LogP) is 2.01. The van der Waals surface area contributed by atoms with E-state index in [0.717, 1.165) is 0 Å². The van der Waals surface area contributed by atoms with Crippen LogP contribution in [0.1, 0.15) is 66.8 Å². The summed E-state index contributed by atoms with van der Waals surface area (Å²) in [6.07, 6.45) is -20.2. The minimum absolute atomic E-state index is 0.0587. The molecule has 13 heteroatoms. The second-order valence-electron chi connectivity index (χ2n) is 7.16. The highest BCUT2D eigenvalue weighted by Gasteiger charge is 2.45. The van der Waals surface area contributed by atoms with Crippen LogP contribution >= 0.6 is 11.8 Å². The Morgan fingerprint density at radius 2 is 2.25 bits per heavy atom. The van der Waals surface area contributed by atoms with Gasteiger partial charge >= 0.3 is 0 Å². The Balaban J connectivity index is 1.76. The first-order chi connectivity index (χ1) is 24.3. The SMILES string of the molecule is [2H]c1c([2H])c(C2([2H])C[C@@H]2N([2H])c2nc(SC([2H])([2H])C([2H])([2H])C([2H])([2H])[2H])nc3c2nnn3[C@]2([2H])C([2H])([2H])[C@]([2H])(OCCO)[C@@]([2H])(O)[C@@]2([2H])O)c([2H])c(F)c1F. The third kappa shape index (κ3) is 4.90. The number of nitrogens with one attached hydrogen (secondary N) is 1. The minimum atomic E-state index is -4.18. The maximum atomic E-state index is 14.5. The number of thioether (sulfide) groups is 1. The lowest BCUT2D eigenvalue weighted by molar-refractivity contribution is -0.0629. The fraction of sp³-hybridized carbons (Fsp3) is 0.565. The quantitative estimate of drug-likeness (QED) is 0.223. The zero-order chi connectivity index (χ0) is 41.4. The lowest BCUT2D eigenvalue weighted by Crippen LogP contribution is -2.33. The number of halogens is 2. The molecular weight excluding hydrogens is 494 g/mol. The van der Waals surface area contributed by atoms with Crippen molar-refractivity contribution in [1.82, 2.24) is 25.0 Å². The van der Waals surface area contributed by atoms with Crippen LogP contribution in [0.15, 0.2) is 23.3 Å². The number of aliphatic hydroxyl groups is 3. The van der Waals surface area contributed by atoms with E-state index in [1.54, 1.807) is 0 Å². The summed E-state index contributed by atoms with van der Waals surface area (Å²) in [6.45, 7) is -5.52. The average Bonchev–Trinajstić information content (AvgIpc) is 3.54. The van der Waals surface area contributed by atoms with Gasteiger partial charge < -0.3 is 25.4 Å². The summed E-state index contributed by atoms with van der Waals surface area (Å²) in [5.41, 5.74) is -6.20. The van der Waals surface area contributed by atoms with Crippen LogP contribution in [0, 0.1) is 11.6 Å². The van der Waals surface area contributed by atoms with Crippen LogP contribution in [0.4, 0.5) is 14.6 Å². The van der Waals surface area contributed by atoms with E-state index in [0.29, 0.717) is 0 Å². The van der Waals surface area contributed by atoms with Crippen molar-refractivity contribution >= 4 is 28.7 Å². The molecule has 2 aromatic heterocycles. The fourth-order valence-electron chi connectivity index (χ4n) is 3.21. The summed E-state index contributed by atoms with van der Waals surface area (Å²) < 4.78 is 182. The molecule has 3 aromatic rings. The Labute approximate surface area is 235 Å². The molecule has 36 heavy (non-hydrogen) atoms. The Morgan fingerprint density at radius 3 is 3.06 bits per heavy atom. The van der Waals surface area contributed by atoms with Crippen molar-refractivity contribution in [2.24, 2.45) is 0 Å². The maximum absolute atomic E-state index is 14.5. The number of benzene rings is 1. The first-order valence-corrected chi connectivity index (χ1v) is 10.9. The fourth-order valence-corrected chi connectivity index (χ4v) is 3.61. The van der Waals surface area contributed by atoms with Gasteiger partial charge in [0, 0.05) is 37.7 Å². The molecule has 0 aliphatic heterocycles. The van der Waals surface area contributed by atoms with Crippen molar-refractivity contribution in [3.63, 3.8) is 0 Å². The molecule has 4 N–H and O–H groups in total. The molecule has 6 atom stereocenters. The molecule has 1 unspecified atom stereocenters. The molecule has 2 saturated carbocycles. The molecule has 2 heterocycles. The summed E-state index contributed by atoms with van der Waals surface area (Å²) in [5.74, 6) is -6.93. The van der Waals surface area contributed by atoms with Crippen molar-refractivity contribution < 1.29 is 53.6 Å². The minimum Gasteiger partial charge on any atom is -0.394 e. The van der Waals surface area contributed by atoms with E-state index in [2.05, 4.69) is 20.3 Å². The normalized spacial score (nSPS) is 47.6. The molecule has 0 bridgehead atoms. The molecule has 5 rings (SSSR count). The Hall–Kier alpha value is -2.45. The smallest absolute Gasteiger partial charge is 0.191 e. The van der Waals surface area contributed by atoms with Crippen LogP contribution in [0.5, 0.6) is 0 Å². The molecule has 0 amide bonds. The lowest BCUT2D eigenvalue weighted by atomic mass is 10.1. The van der Waals surface area contributed by atoms with Crippen LogP contribution in [-0.2, 0) is 4.74 Å². The Bertz CT molecular complexity index is 2000. The van der Waals surface area contributed by atoms with Crippen molar-refractivity contribution in [3.05, 3.63) is 35.3 Å². The molecule has 0 spiro atoms. The molecule has 2 aliphatic carbocycles. The summed E-state index contributed by atoms with van der Waals surface area (Å²) >= 11 is -0.337. The molecule has 2 aliphatic rings. The summed E-state index contributed by atoms with van der Waals surface area (Å²) in [5, 5.41) is 37.9. The molecular formula is C23H28F2N6O4S. The van der Waals surface area contributed by atoms with Gasteiger partial charge in [-0.1, -0.05) is 29.9 Å². The van der Waals surface area contributed by atoms with Gasteiger partial charge in [-0.2, -0.15) is 0 Å². The van der Waals surface area contributed by atoms with E-state index >= 15 is 0 Å². The monoisotopic (exact) mass is 540 g/mol. The van der Waals surface area contributed by atoms with E-state index in [9.17, 15) is 24.1 Å². The van der Waals surface area contributed by atoms with Crippen molar-refractivity contribution in [2.75, 3.05) is 24.2 Å². The van der Waals surface area contributed by atoms with E-state index in [1.165, 1.54) is 0 Å². The number of ether oxygens (including phenoxy) is 1. The average molecular weight is 541 g/mol. The van der Waals surface area contributed by atoms with Gasteiger partial charge in [-0.05, 0) is 30.4 Å². The number of fused-ring (bicyclic) bond motifs is 1. The number of aliphatic hydroxyl groups excluding tert-OH is 1. The van der Waals surface area contributed by atoms with Crippen LogP contribution < -0.4 is 5.31 Å². The molecule has 10 nitrogen and oxygen atoms in total. The number of anilines is 1. The van der Waals surface area contributed by atoms with Gasteiger partial charge in [0.05, 0.1) is 34.9 Å². The molecule has 0 saturated heterocycles. The second-order valence-corrected chi connectivity index (χ2v) is 7.93. The van der Waals surface area contributed by atoms with Gasteiger partial charge in [-0.15, -0.1) is 5.10 Å². The number of hydrogen-bond acceptors (Lipinski definition) is 10. The highest BCUT2D eigenvalue weighted by Crippen LogP contribution is 2.44. The first kappa shape index (κ1) is 11.5. The maximum Gasteiger partial charge on any atom is 0.191 e. The number of rotatable bonds is 10. The predicted molar refractivity (Wildman–Crippen MR) is 128 cm³/mol. The van der Waals surface area contributed by atoms with Gasteiger partial charge in [0.15, 0.2) is 35.2 Å². The number of nitrogens with zero attached hydrogens (tertiary/aromatic N) is 5. The summed E-state index contributed by atoms with van der Waals surface area (Å²) in [4.78, 5) is 7.80. The molecule has 194 valence electrons. The highest BCUT2D eigenvalue weighted by atomic mass is 32.2. The van der Waals surface area contributed by atoms with Crippen molar-refractivity contribution in [2.45, 2.75) is 67.4 Å². The summed E-state index contributed by atoms with van der Waals surface area (Å²) in [7, 11) is 0. The second kappa shape index (κ2) is 10.5. The Morgan fingerprint density at radius 1 is 1.39 bits per heavy atom. The van der Waals surface area contributed by atoms with Crippen LogP contribution in [0.3, 0.4) is 0 Å². The number of hydrogen-bond donors (Lipinski definition) is 4. The zero-order valence-corrected chi connectivity index (χ0v) is 18.6. The van der Waals surface area contributed by atoms with Crippen LogP contribution in [0.25, 0.3) is 11.2 Å². The van der Waals surface area contributed by atoms with E-state index in [-0.39, 0.29) is 21.8 Å². The Kier molecular flexibility index (Phi) is 3.36. The van der Waals surface area contributed by atoms with Gasteiger partial charge in [0.1, 0.15) is 12.2 Å². The van der Waals surface area contributed by atoms with E-state index in [4.69, 9.17) is 29.5 Å². The summed E-state index contributed by atoms with van der Waals surface area (Å²) in [6, 6.07) is -9.19. The number of aromatic nitrogens is 5. The van der Waals surface area contributed by atoms with Crippen molar-refractivity contribution in [3.8, 4) is 0 Å². The molecule has 1 aromatic carbocycles. The lowest BCUT2D eigenvalue weighted by Gasteiger charge is -2.17. The topological polar surface area (TPSA) is 138 Å². The largest absolute Gasteiger partial charge is 0.394 e.